The van der Waals surface area contributed by atoms with Crippen molar-refractivity contribution in [3.8, 4) is 0 Å². The van der Waals surface area contributed by atoms with E-state index in [1.54, 1.807) is 4.90 Å². The fourth-order valence-electron chi connectivity index (χ4n) is 2.39. The SMILES string of the molecule is O=C1CCC2CN(C[B-](F)(F)F)CCN12. The van der Waals surface area contributed by atoms with E-state index >= 15 is 0 Å². The van der Waals surface area contributed by atoms with Crippen LogP contribution in [0.4, 0.5) is 12.9 Å². The van der Waals surface area contributed by atoms with Gasteiger partial charge in [0, 0.05) is 32.1 Å². The number of hydrogen-bond acceptors (Lipinski definition) is 2. The molecule has 0 spiro atoms. The number of nitrogens with zero attached hydrogens (tertiary/aromatic N) is 2. The van der Waals surface area contributed by atoms with Gasteiger partial charge in [0.1, 0.15) is 0 Å². The van der Waals surface area contributed by atoms with E-state index in [0.717, 1.165) is 0 Å². The van der Waals surface area contributed by atoms with Crippen LogP contribution in [-0.2, 0) is 4.79 Å². The molecule has 1 amide bonds. The summed E-state index contributed by atoms with van der Waals surface area (Å²) in [5, 5.41) is 0. The van der Waals surface area contributed by atoms with Gasteiger partial charge in [-0.05, 0) is 12.9 Å². The van der Waals surface area contributed by atoms with Gasteiger partial charge in [-0.15, -0.1) is 0 Å². The van der Waals surface area contributed by atoms with Crippen molar-refractivity contribution in [1.82, 2.24) is 9.80 Å². The second kappa shape index (κ2) is 3.70. The molecule has 0 radical (unpaired) electrons. The third-order valence-electron chi connectivity index (χ3n) is 3.04. The minimum Gasteiger partial charge on any atom is -0.448 e. The van der Waals surface area contributed by atoms with Gasteiger partial charge in [-0.2, -0.15) is 0 Å². The Kier molecular flexibility index (Phi) is 2.66. The summed E-state index contributed by atoms with van der Waals surface area (Å²) in [4.78, 5) is 14.4. The molecule has 1 atom stereocenters. The monoisotopic (exact) mass is 221 g/mol. The maximum Gasteiger partial charge on any atom is 0.492 e. The summed E-state index contributed by atoms with van der Waals surface area (Å²) in [5.74, 6) is 0.0946. The van der Waals surface area contributed by atoms with Crippen molar-refractivity contribution in [2.24, 2.45) is 0 Å². The average Bonchev–Trinajstić information content (AvgIpc) is 2.45. The van der Waals surface area contributed by atoms with Crippen LogP contribution in [0.1, 0.15) is 12.8 Å². The third-order valence-corrected chi connectivity index (χ3v) is 3.04. The second-order valence-electron chi connectivity index (χ2n) is 4.25. The smallest absolute Gasteiger partial charge is 0.448 e. The van der Waals surface area contributed by atoms with Crippen molar-refractivity contribution >= 4 is 12.9 Å². The topological polar surface area (TPSA) is 23.6 Å². The zero-order valence-electron chi connectivity index (χ0n) is 8.33. The molecule has 0 saturated carbocycles. The highest BCUT2D eigenvalue weighted by molar-refractivity contribution is 6.58. The lowest BCUT2D eigenvalue weighted by atomic mass is 9.90. The molecule has 2 rings (SSSR count). The Balaban J connectivity index is 1.91. The van der Waals surface area contributed by atoms with Crippen LogP contribution in [0.15, 0.2) is 0 Å². The Hall–Kier alpha value is -0.715. The van der Waals surface area contributed by atoms with Gasteiger partial charge in [0.05, 0.1) is 0 Å². The molecule has 2 aliphatic heterocycles. The molecule has 3 nitrogen and oxygen atoms in total. The van der Waals surface area contributed by atoms with E-state index in [9.17, 15) is 17.7 Å². The van der Waals surface area contributed by atoms with Crippen molar-refractivity contribution in [2.75, 3.05) is 26.1 Å². The molecule has 0 aromatic rings. The van der Waals surface area contributed by atoms with Crippen LogP contribution >= 0.6 is 0 Å². The molecule has 0 aromatic carbocycles. The fourth-order valence-corrected chi connectivity index (χ4v) is 2.39. The van der Waals surface area contributed by atoms with Gasteiger partial charge in [0.15, 0.2) is 0 Å². The Morgan fingerprint density at radius 3 is 2.73 bits per heavy atom. The summed E-state index contributed by atoms with van der Waals surface area (Å²) in [6.07, 6.45) is 0.411. The molecule has 0 N–H and O–H groups in total. The summed E-state index contributed by atoms with van der Waals surface area (Å²) < 4.78 is 36.6. The molecule has 7 heteroatoms. The maximum atomic E-state index is 12.2. The Bertz CT molecular complexity index is 271. The Morgan fingerprint density at radius 2 is 2.07 bits per heavy atom. The van der Waals surface area contributed by atoms with Gasteiger partial charge in [-0.25, -0.2) is 0 Å². The molecule has 15 heavy (non-hydrogen) atoms. The van der Waals surface area contributed by atoms with Crippen LogP contribution in [0.25, 0.3) is 0 Å². The van der Waals surface area contributed by atoms with Crippen LogP contribution in [0.2, 0.25) is 0 Å². The number of fused-ring (bicyclic) bond motifs is 1. The number of carbonyl (C=O) groups excluding carboxylic acids is 1. The zero-order valence-corrected chi connectivity index (χ0v) is 8.33. The van der Waals surface area contributed by atoms with Crippen LogP contribution < -0.4 is 0 Å². The van der Waals surface area contributed by atoms with Crippen molar-refractivity contribution in [3.05, 3.63) is 0 Å². The van der Waals surface area contributed by atoms with E-state index in [1.165, 1.54) is 4.90 Å². The quantitative estimate of drug-likeness (QED) is 0.640. The Labute approximate surface area is 86.3 Å². The van der Waals surface area contributed by atoms with Crippen LogP contribution in [-0.4, -0.2) is 54.8 Å². The molecule has 2 aliphatic rings. The number of amides is 1. The lowest BCUT2D eigenvalue weighted by Crippen LogP contribution is -2.54. The second-order valence-corrected chi connectivity index (χ2v) is 4.25. The first-order valence-electron chi connectivity index (χ1n) is 5.18. The van der Waals surface area contributed by atoms with Gasteiger partial charge in [-0.3, -0.25) is 4.79 Å². The zero-order chi connectivity index (χ0) is 11.1. The molecule has 0 aliphatic carbocycles. The van der Waals surface area contributed by atoms with E-state index < -0.39 is 13.4 Å². The first kappa shape index (κ1) is 10.8. The van der Waals surface area contributed by atoms with E-state index in [-0.39, 0.29) is 11.9 Å². The minimum absolute atomic E-state index is 0.0180. The van der Waals surface area contributed by atoms with Gasteiger partial charge in [-0.1, -0.05) is 0 Å². The number of hydrogen-bond donors (Lipinski definition) is 0. The number of rotatable bonds is 2. The van der Waals surface area contributed by atoms with Crippen molar-refractivity contribution in [2.45, 2.75) is 18.9 Å². The largest absolute Gasteiger partial charge is 0.492 e. The van der Waals surface area contributed by atoms with Crippen LogP contribution in [0.5, 0.6) is 0 Å². The normalized spacial score (nSPS) is 28.3. The molecule has 2 saturated heterocycles. The summed E-state index contributed by atoms with van der Waals surface area (Å²) in [6, 6.07) is 0.0180. The molecule has 2 fully saturated rings. The molecular weight excluding hydrogens is 208 g/mol. The minimum atomic E-state index is -4.74. The lowest BCUT2D eigenvalue weighted by Gasteiger charge is -2.39. The van der Waals surface area contributed by atoms with E-state index in [2.05, 4.69) is 0 Å². The molecule has 0 aromatic heterocycles. The summed E-state index contributed by atoms with van der Waals surface area (Å²) in [7, 11) is 0. The van der Waals surface area contributed by atoms with Gasteiger partial charge in [0.2, 0.25) is 5.91 Å². The van der Waals surface area contributed by atoms with Gasteiger partial charge in [0.25, 0.3) is 0 Å². The van der Waals surface area contributed by atoms with Gasteiger partial charge < -0.3 is 22.7 Å². The van der Waals surface area contributed by atoms with Crippen molar-refractivity contribution < 1.29 is 17.7 Å². The van der Waals surface area contributed by atoms with Crippen LogP contribution in [0, 0.1) is 0 Å². The number of piperazine rings is 1. The lowest BCUT2D eigenvalue weighted by molar-refractivity contribution is -0.130. The molecule has 2 heterocycles. The van der Waals surface area contributed by atoms with E-state index in [4.69, 9.17) is 0 Å². The molecule has 86 valence electrons. The maximum absolute atomic E-state index is 12.2. The molecular formula is C8H13BF3N2O-. The third kappa shape index (κ3) is 2.45. The highest BCUT2D eigenvalue weighted by atomic mass is 19.4. The molecule has 0 bridgehead atoms. The van der Waals surface area contributed by atoms with Crippen LogP contribution in [0.3, 0.4) is 0 Å². The highest BCUT2D eigenvalue weighted by Gasteiger charge is 2.37. The predicted octanol–water partition coefficient (Wildman–Crippen LogP) is 0.680. The Morgan fingerprint density at radius 1 is 1.33 bits per heavy atom. The fraction of sp³-hybridized carbons (Fsp3) is 0.875. The number of carbonyl (C=O) groups is 1. The average molecular weight is 221 g/mol. The van der Waals surface area contributed by atoms with E-state index in [1.807, 2.05) is 0 Å². The predicted molar refractivity (Wildman–Crippen MR) is 50.3 cm³/mol. The highest BCUT2D eigenvalue weighted by Crippen LogP contribution is 2.24. The summed E-state index contributed by atoms with van der Waals surface area (Å²) in [5.41, 5.74) is 0. The van der Waals surface area contributed by atoms with Crippen molar-refractivity contribution in [1.29, 1.82) is 0 Å². The first-order valence-corrected chi connectivity index (χ1v) is 5.18. The standard InChI is InChI=1S/C8H13BF3N2O/c10-9(11,12)6-13-3-4-14-7(5-13)1-2-8(14)15/h7H,1-6H2/q-1. The summed E-state index contributed by atoms with van der Waals surface area (Å²) in [6.45, 7) is -3.55. The van der Waals surface area contributed by atoms with Gasteiger partial charge >= 0.3 is 6.98 Å². The number of halogens is 3. The molecule has 1 unspecified atom stereocenters. The van der Waals surface area contributed by atoms with Crippen molar-refractivity contribution in [3.63, 3.8) is 0 Å². The summed E-state index contributed by atoms with van der Waals surface area (Å²) >= 11 is 0. The van der Waals surface area contributed by atoms with E-state index in [0.29, 0.717) is 32.5 Å². The first-order chi connectivity index (χ1) is 6.96.